The normalized spacial score (nSPS) is 20.9. The van der Waals surface area contributed by atoms with Crippen LogP contribution in [0.3, 0.4) is 0 Å². The second kappa shape index (κ2) is 6.31. The van der Waals surface area contributed by atoms with Crippen molar-refractivity contribution in [1.29, 1.82) is 0 Å². The first-order valence-corrected chi connectivity index (χ1v) is 7.23. The predicted molar refractivity (Wildman–Crippen MR) is 82.4 cm³/mol. The average Bonchev–Trinajstić information content (AvgIpc) is 2.97. The van der Waals surface area contributed by atoms with E-state index < -0.39 is 5.60 Å². The Morgan fingerprint density at radius 1 is 1.52 bits per heavy atom. The van der Waals surface area contributed by atoms with Crippen LogP contribution in [0, 0.1) is 0 Å². The van der Waals surface area contributed by atoms with Gasteiger partial charge in [-0.15, -0.1) is 6.58 Å². The molecule has 2 unspecified atom stereocenters. The molecule has 0 saturated carbocycles. The van der Waals surface area contributed by atoms with Gasteiger partial charge in [-0.25, -0.2) is 0 Å². The molecule has 1 aliphatic heterocycles. The lowest BCUT2D eigenvalue weighted by molar-refractivity contribution is -0.133. The van der Waals surface area contributed by atoms with Gasteiger partial charge in [-0.05, 0) is 31.0 Å². The minimum Gasteiger partial charge on any atom is -0.497 e. The Kier molecular flexibility index (Phi) is 4.68. The number of amides is 1. The molecule has 114 valence electrons. The molecule has 1 aromatic carbocycles. The number of ether oxygens (including phenoxy) is 1. The Bertz CT molecular complexity index is 507. The number of carbonyl (C=O) groups excluding carboxylic acids is 1. The first-order valence-electron chi connectivity index (χ1n) is 7.23. The highest BCUT2D eigenvalue weighted by molar-refractivity contribution is 5.78. The van der Waals surface area contributed by atoms with Crippen LogP contribution in [0.25, 0.3) is 0 Å². The van der Waals surface area contributed by atoms with E-state index in [4.69, 9.17) is 4.74 Å². The fraction of sp³-hybridized carbons (Fsp3) is 0.471. The zero-order valence-corrected chi connectivity index (χ0v) is 12.7. The zero-order chi connectivity index (χ0) is 15.5. The predicted octanol–water partition coefficient (Wildman–Crippen LogP) is 2.34. The van der Waals surface area contributed by atoms with Crippen LogP contribution in [0.1, 0.15) is 31.2 Å². The third kappa shape index (κ3) is 3.85. The highest BCUT2D eigenvalue weighted by atomic mass is 16.5. The SMILES string of the molecule is C=CC(C)(O)CC(=O)N1CCC(c2ccc(OC)cc2)C1. The molecular weight excluding hydrogens is 266 g/mol. The highest BCUT2D eigenvalue weighted by Crippen LogP contribution is 2.29. The molecule has 0 bridgehead atoms. The van der Waals surface area contributed by atoms with Gasteiger partial charge in [-0.3, -0.25) is 4.79 Å². The van der Waals surface area contributed by atoms with Crippen molar-refractivity contribution < 1.29 is 14.6 Å². The van der Waals surface area contributed by atoms with E-state index in [0.29, 0.717) is 12.5 Å². The highest BCUT2D eigenvalue weighted by Gasteiger charge is 2.30. The number of carbonyl (C=O) groups is 1. The van der Waals surface area contributed by atoms with Crippen LogP contribution in [-0.4, -0.2) is 41.7 Å². The van der Waals surface area contributed by atoms with Crippen LogP contribution >= 0.6 is 0 Å². The quantitative estimate of drug-likeness (QED) is 0.846. The summed E-state index contributed by atoms with van der Waals surface area (Å²) in [5.74, 6) is 1.18. The molecule has 1 saturated heterocycles. The van der Waals surface area contributed by atoms with Gasteiger partial charge in [0.1, 0.15) is 5.75 Å². The van der Waals surface area contributed by atoms with Crippen molar-refractivity contribution in [3.63, 3.8) is 0 Å². The zero-order valence-electron chi connectivity index (χ0n) is 12.7. The van der Waals surface area contributed by atoms with Gasteiger partial charge in [0.25, 0.3) is 0 Å². The maximum atomic E-state index is 12.2. The molecule has 0 aliphatic carbocycles. The molecule has 1 aromatic rings. The van der Waals surface area contributed by atoms with Gasteiger partial charge in [0.15, 0.2) is 0 Å². The van der Waals surface area contributed by atoms with Crippen molar-refractivity contribution in [1.82, 2.24) is 4.90 Å². The Hall–Kier alpha value is -1.81. The molecule has 0 radical (unpaired) electrons. The maximum Gasteiger partial charge on any atom is 0.225 e. The van der Waals surface area contributed by atoms with Crippen LogP contribution in [0.4, 0.5) is 0 Å². The molecule has 1 N–H and O–H groups in total. The number of aliphatic hydroxyl groups is 1. The Labute approximate surface area is 126 Å². The first-order chi connectivity index (χ1) is 9.95. The summed E-state index contributed by atoms with van der Waals surface area (Å²) in [6, 6.07) is 8.00. The summed E-state index contributed by atoms with van der Waals surface area (Å²) >= 11 is 0. The van der Waals surface area contributed by atoms with E-state index in [1.807, 2.05) is 17.0 Å². The van der Waals surface area contributed by atoms with Gasteiger partial charge in [-0.2, -0.15) is 0 Å². The molecule has 0 spiro atoms. The third-order valence-electron chi connectivity index (χ3n) is 4.08. The summed E-state index contributed by atoms with van der Waals surface area (Å²) in [4.78, 5) is 14.0. The monoisotopic (exact) mass is 289 g/mol. The molecule has 1 heterocycles. The summed E-state index contributed by atoms with van der Waals surface area (Å²) in [6.07, 6.45) is 2.46. The van der Waals surface area contributed by atoms with Crippen molar-refractivity contribution in [2.45, 2.75) is 31.3 Å². The largest absolute Gasteiger partial charge is 0.497 e. The molecule has 1 fully saturated rings. The summed E-state index contributed by atoms with van der Waals surface area (Å²) in [6.45, 7) is 6.61. The number of nitrogens with zero attached hydrogens (tertiary/aromatic N) is 1. The molecule has 0 aromatic heterocycles. The average molecular weight is 289 g/mol. The third-order valence-corrected chi connectivity index (χ3v) is 4.08. The summed E-state index contributed by atoms with van der Waals surface area (Å²) in [5.41, 5.74) is 0.0940. The van der Waals surface area contributed by atoms with E-state index in [-0.39, 0.29) is 12.3 Å². The van der Waals surface area contributed by atoms with E-state index in [1.165, 1.54) is 11.6 Å². The molecule has 4 nitrogen and oxygen atoms in total. The summed E-state index contributed by atoms with van der Waals surface area (Å²) in [5, 5.41) is 9.92. The Morgan fingerprint density at radius 2 is 2.19 bits per heavy atom. The number of benzene rings is 1. The fourth-order valence-electron chi connectivity index (χ4n) is 2.63. The van der Waals surface area contributed by atoms with Crippen molar-refractivity contribution in [2.24, 2.45) is 0 Å². The van der Waals surface area contributed by atoms with Crippen LogP contribution < -0.4 is 4.74 Å². The minimum atomic E-state index is -1.13. The van der Waals surface area contributed by atoms with Gasteiger partial charge in [0, 0.05) is 19.0 Å². The Morgan fingerprint density at radius 3 is 2.76 bits per heavy atom. The number of rotatable bonds is 5. The van der Waals surface area contributed by atoms with Crippen molar-refractivity contribution in [2.75, 3.05) is 20.2 Å². The van der Waals surface area contributed by atoms with Crippen LogP contribution in [-0.2, 0) is 4.79 Å². The first kappa shape index (κ1) is 15.6. The second-order valence-electron chi connectivity index (χ2n) is 5.84. The molecule has 4 heteroatoms. The molecule has 1 amide bonds. The van der Waals surface area contributed by atoms with Gasteiger partial charge in [-0.1, -0.05) is 18.2 Å². The van der Waals surface area contributed by atoms with Crippen LogP contribution in [0.2, 0.25) is 0 Å². The molecule has 2 atom stereocenters. The van der Waals surface area contributed by atoms with Gasteiger partial charge in [0.2, 0.25) is 5.91 Å². The smallest absolute Gasteiger partial charge is 0.225 e. The van der Waals surface area contributed by atoms with Gasteiger partial charge < -0.3 is 14.7 Å². The standard InChI is InChI=1S/C17H23NO3/c1-4-17(2,20)11-16(19)18-10-9-14(12-18)13-5-7-15(21-3)8-6-13/h4-8,14,20H,1,9-12H2,2-3H3. The molecule has 2 rings (SSSR count). The number of hydrogen-bond acceptors (Lipinski definition) is 3. The van der Waals surface area contributed by atoms with Gasteiger partial charge in [0.05, 0.1) is 19.1 Å². The lowest BCUT2D eigenvalue weighted by Crippen LogP contribution is -2.35. The van der Waals surface area contributed by atoms with Gasteiger partial charge >= 0.3 is 0 Å². The number of methoxy groups -OCH3 is 1. The van der Waals surface area contributed by atoms with E-state index in [1.54, 1.807) is 14.0 Å². The lowest BCUT2D eigenvalue weighted by Gasteiger charge is -2.23. The lowest BCUT2D eigenvalue weighted by atomic mass is 9.98. The number of hydrogen-bond donors (Lipinski definition) is 1. The van der Waals surface area contributed by atoms with E-state index >= 15 is 0 Å². The molecule has 21 heavy (non-hydrogen) atoms. The van der Waals surface area contributed by atoms with Crippen molar-refractivity contribution >= 4 is 5.91 Å². The second-order valence-corrected chi connectivity index (χ2v) is 5.84. The molecule has 1 aliphatic rings. The van der Waals surface area contributed by atoms with Crippen molar-refractivity contribution in [3.05, 3.63) is 42.5 Å². The van der Waals surface area contributed by atoms with E-state index in [2.05, 4.69) is 18.7 Å². The van der Waals surface area contributed by atoms with E-state index in [9.17, 15) is 9.90 Å². The maximum absolute atomic E-state index is 12.2. The summed E-state index contributed by atoms with van der Waals surface area (Å²) in [7, 11) is 1.65. The summed E-state index contributed by atoms with van der Waals surface area (Å²) < 4.78 is 5.16. The van der Waals surface area contributed by atoms with Crippen molar-refractivity contribution in [3.8, 4) is 5.75 Å². The molecular formula is C17H23NO3. The Balaban J connectivity index is 1.96. The van der Waals surface area contributed by atoms with Crippen LogP contribution in [0.5, 0.6) is 5.75 Å². The number of likely N-dealkylation sites (tertiary alicyclic amines) is 1. The minimum absolute atomic E-state index is 0.0177. The fourth-order valence-corrected chi connectivity index (χ4v) is 2.63. The van der Waals surface area contributed by atoms with Crippen LogP contribution in [0.15, 0.2) is 36.9 Å². The topological polar surface area (TPSA) is 49.8 Å². The van der Waals surface area contributed by atoms with E-state index in [0.717, 1.165) is 18.7 Å².